The van der Waals surface area contributed by atoms with Crippen molar-refractivity contribution >= 4 is 32.9 Å². The van der Waals surface area contributed by atoms with Gasteiger partial charge in [-0.2, -0.15) is 0 Å². The van der Waals surface area contributed by atoms with E-state index in [2.05, 4.69) is 45.3 Å². The lowest BCUT2D eigenvalue weighted by atomic mass is 10.3. The highest BCUT2D eigenvalue weighted by Crippen LogP contribution is 2.02. The SMILES string of the molecule is Br.BrCCCCN1C=CC=CC1. The molecule has 0 saturated carbocycles. The van der Waals surface area contributed by atoms with Crippen molar-refractivity contribution in [3.05, 3.63) is 24.4 Å². The molecule has 1 nitrogen and oxygen atoms in total. The fourth-order valence-electron chi connectivity index (χ4n) is 1.08. The molecule has 70 valence electrons. The van der Waals surface area contributed by atoms with Crippen LogP contribution < -0.4 is 0 Å². The number of alkyl halides is 1. The van der Waals surface area contributed by atoms with Crippen LogP contribution in [0.1, 0.15) is 12.8 Å². The van der Waals surface area contributed by atoms with Crippen molar-refractivity contribution in [2.45, 2.75) is 12.8 Å². The fourth-order valence-corrected chi connectivity index (χ4v) is 1.48. The molecule has 1 rings (SSSR count). The van der Waals surface area contributed by atoms with Crippen molar-refractivity contribution < 1.29 is 0 Å². The Balaban J connectivity index is 0.00000121. The normalized spacial score (nSPS) is 14.6. The quantitative estimate of drug-likeness (QED) is 0.569. The van der Waals surface area contributed by atoms with Gasteiger partial charge < -0.3 is 4.90 Å². The summed E-state index contributed by atoms with van der Waals surface area (Å²) in [5.74, 6) is 0. The number of unbranched alkanes of at least 4 members (excludes halogenated alkanes) is 1. The standard InChI is InChI=1S/C9H14BrN.BrH/c10-6-2-5-9-11-7-3-1-4-8-11;/h1,3-4,7H,2,5-6,8-9H2;1H. The Bertz CT molecular complexity index is 155. The van der Waals surface area contributed by atoms with Crippen LogP contribution in [0.5, 0.6) is 0 Å². The van der Waals surface area contributed by atoms with Gasteiger partial charge in [-0.15, -0.1) is 17.0 Å². The highest BCUT2D eigenvalue weighted by Gasteiger charge is 1.97. The molecule has 0 aromatic heterocycles. The van der Waals surface area contributed by atoms with E-state index in [-0.39, 0.29) is 17.0 Å². The Hall–Kier alpha value is 0.240. The number of allylic oxidation sites excluding steroid dienone is 2. The molecule has 0 N–H and O–H groups in total. The number of halogens is 2. The van der Waals surface area contributed by atoms with Gasteiger partial charge in [-0.25, -0.2) is 0 Å². The highest BCUT2D eigenvalue weighted by molar-refractivity contribution is 9.09. The minimum Gasteiger partial charge on any atom is -0.374 e. The van der Waals surface area contributed by atoms with E-state index in [0.29, 0.717) is 0 Å². The maximum atomic E-state index is 3.42. The van der Waals surface area contributed by atoms with Gasteiger partial charge in [0.25, 0.3) is 0 Å². The second-order valence-corrected chi connectivity index (χ2v) is 3.45. The Morgan fingerprint density at radius 2 is 2.08 bits per heavy atom. The molecule has 3 heteroatoms. The third kappa shape index (κ3) is 4.99. The van der Waals surface area contributed by atoms with E-state index >= 15 is 0 Å². The lowest BCUT2D eigenvalue weighted by molar-refractivity contribution is 0.402. The molecular weight excluding hydrogens is 282 g/mol. The van der Waals surface area contributed by atoms with Gasteiger partial charge in [0.15, 0.2) is 0 Å². The summed E-state index contributed by atoms with van der Waals surface area (Å²) in [5.41, 5.74) is 0. The summed E-state index contributed by atoms with van der Waals surface area (Å²) < 4.78 is 0. The smallest absolute Gasteiger partial charge is 0.0357 e. The van der Waals surface area contributed by atoms with Crippen LogP contribution in [0, 0.1) is 0 Å². The maximum absolute atomic E-state index is 3.42. The molecule has 0 aromatic carbocycles. The second-order valence-electron chi connectivity index (χ2n) is 2.66. The van der Waals surface area contributed by atoms with Crippen LogP contribution in [0.4, 0.5) is 0 Å². The highest BCUT2D eigenvalue weighted by atomic mass is 79.9. The van der Waals surface area contributed by atoms with Gasteiger partial charge in [0.2, 0.25) is 0 Å². The van der Waals surface area contributed by atoms with Gasteiger partial charge in [-0.3, -0.25) is 0 Å². The molecule has 0 bridgehead atoms. The lowest BCUT2D eigenvalue weighted by Crippen LogP contribution is -2.19. The van der Waals surface area contributed by atoms with Gasteiger partial charge in [-0.05, 0) is 25.1 Å². The number of nitrogens with zero attached hydrogens (tertiary/aromatic N) is 1. The zero-order valence-electron chi connectivity index (χ0n) is 7.08. The Morgan fingerprint density at radius 3 is 2.67 bits per heavy atom. The summed E-state index contributed by atoms with van der Waals surface area (Å²) in [6.45, 7) is 2.27. The van der Waals surface area contributed by atoms with E-state index in [1.54, 1.807) is 0 Å². The first-order valence-corrected chi connectivity index (χ1v) is 5.19. The molecular formula is C9H15Br2N. The summed E-state index contributed by atoms with van der Waals surface area (Å²) in [4.78, 5) is 2.34. The second kappa shape index (κ2) is 7.87. The molecule has 0 amide bonds. The van der Waals surface area contributed by atoms with Crippen LogP contribution in [0.2, 0.25) is 0 Å². The molecule has 1 aliphatic rings. The molecule has 0 fully saturated rings. The molecule has 0 saturated heterocycles. The van der Waals surface area contributed by atoms with E-state index in [9.17, 15) is 0 Å². The number of hydrogen-bond acceptors (Lipinski definition) is 1. The fraction of sp³-hybridized carbons (Fsp3) is 0.556. The van der Waals surface area contributed by atoms with Crippen molar-refractivity contribution in [3.8, 4) is 0 Å². The summed E-state index contributed by atoms with van der Waals surface area (Å²) >= 11 is 3.42. The van der Waals surface area contributed by atoms with Crippen LogP contribution in [0.15, 0.2) is 24.4 Å². The lowest BCUT2D eigenvalue weighted by Gasteiger charge is -2.19. The Morgan fingerprint density at radius 1 is 1.25 bits per heavy atom. The average molecular weight is 297 g/mol. The van der Waals surface area contributed by atoms with Gasteiger partial charge in [0, 0.05) is 18.4 Å². The maximum Gasteiger partial charge on any atom is 0.0357 e. The summed E-state index contributed by atoms with van der Waals surface area (Å²) in [7, 11) is 0. The van der Waals surface area contributed by atoms with E-state index in [1.165, 1.54) is 19.4 Å². The van der Waals surface area contributed by atoms with Crippen LogP contribution in [0.3, 0.4) is 0 Å². The summed E-state index contributed by atoms with van der Waals surface area (Å²) in [5, 5.41) is 1.13. The van der Waals surface area contributed by atoms with Crippen LogP contribution >= 0.6 is 32.9 Å². The molecule has 1 aliphatic heterocycles. The largest absolute Gasteiger partial charge is 0.374 e. The predicted octanol–water partition coefficient (Wildman–Crippen LogP) is 3.12. The van der Waals surface area contributed by atoms with Gasteiger partial charge in [0.05, 0.1) is 0 Å². The zero-order chi connectivity index (χ0) is 7.94. The monoisotopic (exact) mass is 295 g/mol. The van der Waals surface area contributed by atoms with Crippen molar-refractivity contribution in [1.29, 1.82) is 0 Å². The number of rotatable bonds is 4. The van der Waals surface area contributed by atoms with E-state index in [0.717, 1.165) is 11.9 Å². The van der Waals surface area contributed by atoms with Crippen molar-refractivity contribution in [1.82, 2.24) is 4.90 Å². The minimum atomic E-state index is 0. The molecule has 0 radical (unpaired) electrons. The third-order valence-corrected chi connectivity index (χ3v) is 2.27. The van der Waals surface area contributed by atoms with Gasteiger partial charge in [-0.1, -0.05) is 28.1 Å². The molecule has 1 heterocycles. The van der Waals surface area contributed by atoms with Crippen LogP contribution in [-0.4, -0.2) is 23.3 Å². The average Bonchev–Trinajstić information content (AvgIpc) is 2.07. The molecule has 0 unspecified atom stereocenters. The van der Waals surface area contributed by atoms with E-state index in [4.69, 9.17) is 0 Å². The van der Waals surface area contributed by atoms with Crippen LogP contribution in [-0.2, 0) is 0 Å². The van der Waals surface area contributed by atoms with E-state index in [1.807, 2.05) is 0 Å². The number of hydrogen-bond donors (Lipinski definition) is 0. The first kappa shape index (κ1) is 12.2. The Kier molecular flexibility index (Phi) is 8.02. The van der Waals surface area contributed by atoms with Gasteiger partial charge >= 0.3 is 0 Å². The van der Waals surface area contributed by atoms with Crippen LogP contribution in [0.25, 0.3) is 0 Å². The predicted molar refractivity (Wildman–Crippen MR) is 63.2 cm³/mol. The minimum absolute atomic E-state index is 0. The van der Waals surface area contributed by atoms with E-state index < -0.39 is 0 Å². The molecule has 0 atom stereocenters. The zero-order valence-corrected chi connectivity index (χ0v) is 10.4. The Labute approximate surface area is 93.4 Å². The molecule has 0 aromatic rings. The molecule has 0 spiro atoms. The van der Waals surface area contributed by atoms with Crippen molar-refractivity contribution in [2.75, 3.05) is 18.4 Å². The molecule has 12 heavy (non-hydrogen) atoms. The first-order chi connectivity index (χ1) is 5.43. The third-order valence-electron chi connectivity index (χ3n) is 1.71. The van der Waals surface area contributed by atoms with Crippen molar-refractivity contribution in [3.63, 3.8) is 0 Å². The molecule has 0 aliphatic carbocycles. The first-order valence-electron chi connectivity index (χ1n) is 4.07. The van der Waals surface area contributed by atoms with Gasteiger partial charge in [0.1, 0.15) is 0 Å². The van der Waals surface area contributed by atoms with Crippen molar-refractivity contribution in [2.24, 2.45) is 0 Å². The summed E-state index contributed by atoms with van der Waals surface area (Å²) in [6, 6.07) is 0. The topological polar surface area (TPSA) is 3.24 Å². The summed E-state index contributed by atoms with van der Waals surface area (Å²) in [6.07, 6.45) is 11.1.